The molecule has 0 aromatic carbocycles. The number of carbonyl (C=O) groups excluding carboxylic acids is 2. The second-order valence-corrected chi connectivity index (χ2v) is 16.1. The average Bonchev–Trinajstić information content (AvgIpc) is 3.87. The van der Waals surface area contributed by atoms with Crippen molar-refractivity contribution in [3.63, 3.8) is 0 Å². The summed E-state index contributed by atoms with van der Waals surface area (Å²) in [6, 6.07) is 3.55. The summed E-state index contributed by atoms with van der Waals surface area (Å²) in [4.78, 5) is 59.7. The van der Waals surface area contributed by atoms with Gasteiger partial charge in [0.1, 0.15) is 11.3 Å². The Bertz CT molecular complexity index is 2440. The highest BCUT2D eigenvalue weighted by molar-refractivity contribution is 6.31. The first-order chi connectivity index (χ1) is 28.5. The van der Waals surface area contributed by atoms with Crippen molar-refractivity contribution in [3.8, 4) is 22.8 Å². The van der Waals surface area contributed by atoms with E-state index in [1.54, 1.807) is 36.9 Å². The molecule has 14 nitrogen and oxygen atoms in total. The van der Waals surface area contributed by atoms with Crippen LogP contribution in [0.15, 0.2) is 49.3 Å². The van der Waals surface area contributed by atoms with Crippen LogP contribution in [0.4, 0.5) is 20.4 Å². The number of halogens is 4. The topological polar surface area (TPSA) is 174 Å². The van der Waals surface area contributed by atoms with Crippen LogP contribution in [0.3, 0.4) is 0 Å². The van der Waals surface area contributed by atoms with E-state index < -0.39 is 11.6 Å². The molecule has 6 aromatic heterocycles. The summed E-state index contributed by atoms with van der Waals surface area (Å²) in [6.07, 6.45) is 13.3. The Kier molecular flexibility index (Phi) is 13.2. The third-order valence-electron chi connectivity index (χ3n) is 10.6. The summed E-state index contributed by atoms with van der Waals surface area (Å²) >= 11 is 12.1. The number of nitrogens with one attached hydrogen (secondary N) is 4. The number of anilines is 2. The van der Waals surface area contributed by atoms with Crippen LogP contribution in [0.2, 0.25) is 10.0 Å². The molecule has 0 spiro atoms. The molecule has 8 heterocycles. The first-order valence-electron chi connectivity index (χ1n) is 19.8. The Balaban J connectivity index is 0.000000179. The molecule has 2 atom stereocenters. The molecule has 2 aliphatic heterocycles. The number of fused-ring (bicyclic) bond motifs is 2. The van der Waals surface area contributed by atoms with Gasteiger partial charge in [-0.2, -0.15) is 0 Å². The zero-order chi connectivity index (χ0) is 41.6. The minimum atomic E-state index is -0.513. The molecule has 0 radical (unpaired) electrons. The number of aromatic nitrogens is 8. The largest absolute Gasteiger partial charge is 0.367 e. The van der Waals surface area contributed by atoms with Crippen molar-refractivity contribution >= 4 is 68.7 Å². The predicted molar refractivity (Wildman–Crippen MR) is 225 cm³/mol. The van der Waals surface area contributed by atoms with Crippen molar-refractivity contribution in [1.82, 2.24) is 49.7 Å². The van der Waals surface area contributed by atoms with Crippen molar-refractivity contribution in [3.05, 3.63) is 71.0 Å². The summed E-state index contributed by atoms with van der Waals surface area (Å²) in [5, 5.41) is 8.77. The zero-order valence-electron chi connectivity index (χ0n) is 33.0. The summed E-state index contributed by atoms with van der Waals surface area (Å²) in [5.41, 5.74) is 2.73. The highest BCUT2D eigenvalue weighted by Gasteiger charge is 2.26. The molecular weight excluding hydrogens is 801 g/mol. The first kappa shape index (κ1) is 41.7. The number of piperidine rings is 2. The van der Waals surface area contributed by atoms with E-state index in [2.05, 4.69) is 50.5 Å². The second kappa shape index (κ2) is 18.6. The normalized spacial score (nSPS) is 16.9. The van der Waals surface area contributed by atoms with Gasteiger partial charge in [-0.15, -0.1) is 0 Å². The number of H-pyrrole nitrogens is 2. The van der Waals surface area contributed by atoms with E-state index in [9.17, 15) is 18.4 Å². The van der Waals surface area contributed by atoms with Crippen LogP contribution in [0, 0.1) is 29.4 Å². The standard InChI is InChI=1S/C21H24ClFN6O.C20H22ClFN6O/c1-12(2)21(30)29-5-3-4-13(11-29)7-24-20-17(23)10-27-19(28-20)16-9-26-18-15(16)6-14(22)8-25-18;1-2-17(29)28-5-3-4-12(11-28)7-23-20-16(22)10-26-19(27-20)15-9-25-18-14(15)6-13(21)8-24-18/h6,8-10,12-13H,3-5,7,11H2,1-2H3,(H,25,26)(H,24,27,28);6,8-10,12H,2-5,7,11H2,1H3,(H,24,25)(H,23,26,27). The van der Waals surface area contributed by atoms with E-state index >= 15 is 0 Å². The number of aromatic amines is 2. The number of pyridine rings is 2. The molecule has 2 unspecified atom stereocenters. The molecule has 18 heteroatoms. The number of carbonyl (C=O) groups is 2. The van der Waals surface area contributed by atoms with E-state index in [1.165, 1.54) is 0 Å². The molecule has 310 valence electrons. The van der Waals surface area contributed by atoms with Crippen molar-refractivity contribution < 1.29 is 18.4 Å². The summed E-state index contributed by atoms with van der Waals surface area (Å²) in [7, 11) is 0. The third-order valence-corrected chi connectivity index (χ3v) is 11.0. The van der Waals surface area contributed by atoms with E-state index in [4.69, 9.17) is 23.2 Å². The van der Waals surface area contributed by atoms with E-state index in [-0.39, 0.29) is 41.2 Å². The minimum Gasteiger partial charge on any atom is -0.367 e. The summed E-state index contributed by atoms with van der Waals surface area (Å²) in [5.74, 6) is 0.864. The van der Waals surface area contributed by atoms with E-state index in [0.717, 1.165) is 61.9 Å². The number of amides is 2. The molecule has 2 aliphatic rings. The fraction of sp³-hybridized carbons (Fsp3) is 0.415. The summed E-state index contributed by atoms with van der Waals surface area (Å²) < 4.78 is 28.7. The number of hydrogen-bond acceptors (Lipinski definition) is 10. The van der Waals surface area contributed by atoms with Crippen molar-refractivity contribution in [1.29, 1.82) is 0 Å². The highest BCUT2D eigenvalue weighted by Crippen LogP contribution is 2.30. The molecule has 59 heavy (non-hydrogen) atoms. The quantitative estimate of drug-likeness (QED) is 0.106. The maximum Gasteiger partial charge on any atom is 0.225 e. The van der Waals surface area contributed by atoms with Gasteiger partial charge < -0.3 is 30.4 Å². The number of rotatable bonds is 10. The lowest BCUT2D eigenvalue weighted by Crippen LogP contribution is -2.43. The van der Waals surface area contributed by atoms with Gasteiger partial charge in [-0.3, -0.25) is 9.59 Å². The van der Waals surface area contributed by atoms with Crippen molar-refractivity contribution in [2.24, 2.45) is 17.8 Å². The predicted octanol–water partition coefficient (Wildman–Crippen LogP) is 7.99. The van der Waals surface area contributed by atoms with Crippen LogP contribution in [0.25, 0.3) is 44.8 Å². The van der Waals surface area contributed by atoms with E-state index in [1.807, 2.05) is 30.6 Å². The molecule has 0 bridgehead atoms. The SMILES string of the molecule is CC(C)C(=O)N1CCCC(CNc2nc(-c3c[nH]c4ncc(Cl)cc34)ncc2F)C1.CCC(=O)N1CCCC(CNc2nc(-c3c[nH]c4ncc(Cl)cc34)ncc2F)C1. The second-order valence-electron chi connectivity index (χ2n) is 15.2. The fourth-order valence-corrected chi connectivity index (χ4v) is 7.84. The van der Waals surface area contributed by atoms with Gasteiger partial charge in [-0.05, 0) is 49.7 Å². The van der Waals surface area contributed by atoms with Gasteiger partial charge in [-0.1, -0.05) is 44.0 Å². The molecule has 0 saturated carbocycles. The molecule has 2 fully saturated rings. The smallest absolute Gasteiger partial charge is 0.225 e. The lowest BCUT2D eigenvalue weighted by molar-refractivity contribution is -0.136. The first-order valence-corrected chi connectivity index (χ1v) is 20.6. The van der Waals surface area contributed by atoms with Gasteiger partial charge in [0, 0.05) is 98.3 Å². The summed E-state index contributed by atoms with van der Waals surface area (Å²) in [6.45, 7) is 9.73. The van der Waals surface area contributed by atoms with Gasteiger partial charge in [-0.25, -0.2) is 38.7 Å². The monoisotopic (exact) mass is 846 g/mol. The molecule has 2 amide bonds. The fourth-order valence-electron chi connectivity index (χ4n) is 7.53. The maximum absolute atomic E-state index is 14.4. The molecule has 8 rings (SSSR count). The average molecular weight is 848 g/mol. The van der Waals surface area contributed by atoms with Crippen LogP contribution < -0.4 is 10.6 Å². The Hall–Kier alpha value is -5.48. The van der Waals surface area contributed by atoms with Crippen molar-refractivity contribution in [2.45, 2.75) is 52.9 Å². The van der Waals surface area contributed by atoms with Gasteiger partial charge in [0.05, 0.1) is 22.4 Å². The third kappa shape index (κ3) is 9.87. The Labute approximate surface area is 350 Å². The number of nitrogens with zero attached hydrogens (tertiary/aromatic N) is 8. The molecule has 2 saturated heterocycles. The lowest BCUT2D eigenvalue weighted by atomic mass is 9.97. The van der Waals surface area contributed by atoms with Crippen LogP contribution in [-0.2, 0) is 9.59 Å². The highest BCUT2D eigenvalue weighted by atomic mass is 35.5. The Morgan fingerprint density at radius 1 is 0.763 bits per heavy atom. The van der Waals surface area contributed by atoms with Crippen LogP contribution >= 0.6 is 23.2 Å². The van der Waals surface area contributed by atoms with Crippen LogP contribution in [0.1, 0.15) is 52.9 Å². The minimum absolute atomic E-state index is 0.0160. The van der Waals surface area contributed by atoms with Gasteiger partial charge in [0.2, 0.25) is 11.8 Å². The van der Waals surface area contributed by atoms with Gasteiger partial charge >= 0.3 is 0 Å². The maximum atomic E-state index is 14.4. The van der Waals surface area contributed by atoms with Gasteiger partial charge in [0.25, 0.3) is 0 Å². The molecule has 6 aromatic rings. The lowest BCUT2D eigenvalue weighted by Gasteiger charge is -2.34. The zero-order valence-corrected chi connectivity index (χ0v) is 34.5. The van der Waals surface area contributed by atoms with E-state index in [0.29, 0.717) is 76.7 Å². The molecule has 4 N–H and O–H groups in total. The van der Waals surface area contributed by atoms with Crippen LogP contribution in [-0.4, -0.2) is 101 Å². The number of hydrogen-bond donors (Lipinski definition) is 4. The number of likely N-dealkylation sites (tertiary alicyclic amines) is 2. The molecular formula is C41H46Cl2F2N12O2. The van der Waals surface area contributed by atoms with Crippen molar-refractivity contribution in [2.75, 3.05) is 49.9 Å². The Morgan fingerprint density at radius 3 is 1.71 bits per heavy atom. The Morgan fingerprint density at radius 2 is 1.24 bits per heavy atom. The van der Waals surface area contributed by atoms with Gasteiger partial charge in [0.15, 0.2) is 34.9 Å². The van der Waals surface area contributed by atoms with Crippen LogP contribution in [0.5, 0.6) is 0 Å². The molecule has 0 aliphatic carbocycles.